The van der Waals surface area contributed by atoms with E-state index in [0.29, 0.717) is 6.42 Å². The number of carbonyl (C=O) groups is 1. The van der Waals surface area contributed by atoms with Crippen LogP contribution in [-0.2, 0) is 11.8 Å². The molecule has 2 heterocycles. The molecule has 1 amide bonds. The number of aromatic nitrogens is 2. The molecular formula is C18H17N3O. The van der Waals surface area contributed by atoms with Gasteiger partial charge in [-0.15, -0.1) is 0 Å². The smallest absolute Gasteiger partial charge is 0.220 e. The van der Waals surface area contributed by atoms with Gasteiger partial charge in [0.25, 0.3) is 0 Å². The molecule has 0 saturated carbocycles. The zero-order valence-corrected chi connectivity index (χ0v) is 12.4. The normalized spacial score (nSPS) is 17.9. The largest absolute Gasteiger partial charge is 0.355 e. The first-order valence-corrected chi connectivity index (χ1v) is 7.50. The second kappa shape index (κ2) is 4.98. The lowest BCUT2D eigenvalue weighted by atomic mass is 9.93. The molecule has 4 nitrogen and oxygen atoms in total. The Hall–Kier alpha value is -2.62. The number of benzene rings is 2. The third-order valence-corrected chi connectivity index (χ3v) is 4.44. The summed E-state index contributed by atoms with van der Waals surface area (Å²) in [6.07, 6.45) is 2.50. The molecule has 1 saturated heterocycles. The first-order chi connectivity index (χ1) is 10.7. The number of rotatable bonds is 2. The van der Waals surface area contributed by atoms with Crippen molar-refractivity contribution in [2.24, 2.45) is 7.05 Å². The molecule has 1 unspecified atom stereocenters. The summed E-state index contributed by atoms with van der Waals surface area (Å²) in [5.41, 5.74) is 4.71. The van der Waals surface area contributed by atoms with Gasteiger partial charge in [-0.25, -0.2) is 0 Å². The molecule has 0 radical (unpaired) electrons. The van der Waals surface area contributed by atoms with E-state index in [1.165, 1.54) is 16.7 Å². The molecule has 1 atom stereocenters. The van der Waals surface area contributed by atoms with Crippen molar-refractivity contribution in [3.63, 3.8) is 0 Å². The second-order valence-corrected chi connectivity index (χ2v) is 5.84. The van der Waals surface area contributed by atoms with Crippen LogP contribution in [0.25, 0.3) is 22.0 Å². The summed E-state index contributed by atoms with van der Waals surface area (Å²) in [5.74, 6) is 0.422. The van der Waals surface area contributed by atoms with E-state index in [4.69, 9.17) is 0 Å². The number of carbonyl (C=O) groups excluding carboxylic acids is 1. The summed E-state index contributed by atoms with van der Waals surface area (Å²) in [6, 6.07) is 14.8. The standard InChI is InChI=1S/C18H17N3O/c1-21-17-7-3-6-15(16(17)11-20-21)13-5-2-4-12(8-13)14-9-18(22)19-10-14/h2-8,11,14H,9-10H2,1H3,(H,19,22). The Balaban J connectivity index is 1.80. The van der Waals surface area contributed by atoms with Crippen LogP contribution in [0, 0.1) is 0 Å². The lowest BCUT2D eigenvalue weighted by molar-refractivity contribution is -0.119. The Morgan fingerprint density at radius 3 is 2.91 bits per heavy atom. The van der Waals surface area contributed by atoms with Gasteiger partial charge in [-0.05, 0) is 22.8 Å². The molecule has 0 spiro atoms. The van der Waals surface area contributed by atoms with Gasteiger partial charge >= 0.3 is 0 Å². The molecule has 3 aromatic rings. The van der Waals surface area contributed by atoms with Crippen LogP contribution < -0.4 is 5.32 Å². The average Bonchev–Trinajstić information content (AvgIpc) is 3.14. The van der Waals surface area contributed by atoms with Crippen LogP contribution in [0.15, 0.2) is 48.7 Å². The summed E-state index contributed by atoms with van der Waals surface area (Å²) in [6.45, 7) is 0.735. The zero-order valence-electron chi connectivity index (χ0n) is 12.4. The molecule has 0 aliphatic carbocycles. The molecule has 4 rings (SSSR count). The first kappa shape index (κ1) is 13.1. The predicted molar refractivity (Wildman–Crippen MR) is 86.5 cm³/mol. The molecular weight excluding hydrogens is 274 g/mol. The highest BCUT2D eigenvalue weighted by Gasteiger charge is 2.23. The number of nitrogens with zero attached hydrogens (tertiary/aromatic N) is 2. The predicted octanol–water partition coefficient (Wildman–Crippen LogP) is 2.84. The second-order valence-electron chi connectivity index (χ2n) is 5.84. The van der Waals surface area contributed by atoms with Crippen molar-refractivity contribution in [3.8, 4) is 11.1 Å². The van der Waals surface area contributed by atoms with Crippen LogP contribution in [0.2, 0.25) is 0 Å². The van der Waals surface area contributed by atoms with Crippen molar-refractivity contribution in [1.29, 1.82) is 0 Å². The van der Waals surface area contributed by atoms with E-state index in [2.05, 4.69) is 52.9 Å². The molecule has 0 bridgehead atoms. The van der Waals surface area contributed by atoms with Crippen LogP contribution in [-0.4, -0.2) is 22.2 Å². The highest BCUT2D eigenvalue weighted by molar-refractivity contribution is 5.94. The first-order valence-electron chi connectivity index (χ1n) is 7.50. The zero-order chi connectivity index (χ0) is 15.1. The maximum absolute atomic E-state index is 11.4. The van der Waals surface area contributed by atoms with E-state index in [1.807, 2.05) is 17.9 Å². The lowest BCUT2D eigenvalue weighted by Gasteiger charge is -2.11. The van der Waals surface area contributed by atoms with Crippen LogP contribution in [0.4, 0.5) is 0 Å². The van der Waals surface area contributed by atoms with Gasteiger partial charge < -0.3 is 5.32 Å². The Morgan fingerprint density at radius 1 is 1.23 bits per heavy atom. The highest BCUT2D eigenvalue weighted by Crippen LogP contribution is 2.31. The monoisotopic (exact) mass is 291 g/mol. The van der Waals surface area contributed by atoms with Crippen LogP contribution in [0.3, 0.4) is 0 Å². The minimum atomic E-state index is 0.143. The molecule has 1 N–H and O–H groups in total. The SMILES string of the molecule is Cn1ncc2c(-c3cccc(C4CNC(=O)C4)c3)cccc21. The maximum atomic E-state index is 11.4. The summed E-state index contributed by atoms with van der Waals surface area (Å²) in [4.78, 5) is 11.4. The summed E-state index contributed by atoms with van der Waals surface area (Å²) < 4.78 is 1.89. The van der Waals surface area contributed by atoms with E-state index in [9.17, 15) is 4.79 Å². The number of hydrogen-bond donors (Lipinski definition) is 1. The quantitative estimate of drug-likeness (QED) is 0.789. The van der Waals surface area contributed by atoms with Gasteiger partial charge in [0.1, 0.15) is 0 Å². The van der Waals surface area contributed by atoms with Crippen molar-refractivity contribution in [1.82, 2.24) is 15.1 Å². The fraction of sp³-hybridized carbons (Fsp3) is 0.222. The van der Waals surface area contributed by atoms with E-state index >= 15 is 0 Å². The van der Waals surface area contributed by atoms with Crippen molar-refractivity contribution in [2.45, 2.75) is 12.3 Å². The van der Waals surface area contributed by atoms with Gasteiger partial charge in [0.2, 0.25) is 5.91 Å². The number of fused-ring (bicyclic) bond motifs is 1. The van der Waals surface area contributed by atoms with E-state index in [1.54, 1.807) is 0 Å². The fourth-order valence-electron chi connectivity index (χ4n) is 3.23. The van der Waals surface area contributed by atoms with Crippen molar-refractivity contribution in [3.05, 3.63) is 54.2 Å². The van der Waals surface area contributed by atoms with Gasteiger partial charge in [0.15, 0.2) is 0 Å². The molecule has 4 heteroatoms. The highest BCUT2D eigenvalue weighted by atomic mass is 16.1. The summed E-state index contributed by atoms with van der Waals surface area (Å²) >= 11 is 0. The third-order valence-electron chi connectivity index (χ3n) is 4.44. The number of aryl methyl sites for hydroxylation is 1. The Morgan fingerprint density at radius 2 is 2.09 bits per heavy atom. The van der Waals surface area contributed by atoms with E-state index in [-0.39, 0.29) is 11.8 Å². The Bertz CT molecular complexity index is 866. The number of hydrogen-bond acceptors (Lipinski definition) is 2. The van der Waals surface area contributed by atoms with Crippen molar-refractivity contribution in [2.75, 3.05) is 6.54 Å². The van der Waals surface area contributed by atoms with Gasteiger partial charge in [0.05, 0.1) is 11.7 Å². The fourth-order valence-corrected chi connectivity index (χ4v) is 3.23. The molecule has 1 aromatic heterocycles. The minimum Gasteiger partial charge on any atom is -0.355 e. The molecule has 1 aliphatic heterocycles. The van der Waals surface area contributed by atoms with Gasteiger partial charge in [-0.2, -0.15) is 5.10 Å². The number of amides is 1. The molecule has 110 valence electrons. The van der Waals surface area contributed by atoms with Gasteiger partial charge in [-0.1, -0.05) is 36.4 Å². The third kappa shape index (κ3) is 2.08. The van der Waals surface area contributed by atoms with Crippen molar-refractivity contribution < 1.29 is 4.79 Å². The molecule has 22 heavy (non-hydrogen) atoms. The average molecular weight is 291 g/mol. The summed E-state index contributed by atoms with van der Waals surface area (Å²) in [7, 11) is 1.96. The molecule has 2 aromatic carbocycles. The maximum Gasteiger partial charge on any atom is 0.220 e. The molecule has 1 aliphatic rings. The van der Waals surface area contributed by atoms with Gasteiger partial charge in [-0.3, -0.25) is 9.48 Å². The van der Waals surface area contributed by atoms with E-state index < -0.39 is 0 Å². The topological polar surface area (TPSA) is 46.9 Å². The van der Waals surface area contributed by atoms with Crippen LogP contribution in [0.5, 0.6) is 0 Å². The van der Waals surface area contributed by atoms with Crippen LogP contribution in [0.1, 0.15) is 17.9 Å². The van der Waals surface area contributed by atoms with Gasteiger partial charge in [0, 0.05) is 31.3 Å². The Labute approximate surface area is 128 Å². The van der Waals surface area contributed by atoms with Crippen LogP contribution >= 0.6 is 0 Å². The van der Waals surface area contributed by atoms with Crippen molar-refractivity contribution >= 4 is 16.8 Å². The van der Waals surface area contributed by atoms with E-state index in [0.717, 1.165) is 17.4 Å². The Kier molecular flexibility index (Phi) is 2.96. The lowest BCUT2D eigenvalue weighted by Crippen LogP contribution is -2.13. The minimum absolute atomic E-state index is 0.143. The summed E-state index contributed by atoms with van der Waals surface area (Å²) in [5, 5.41) is 8.42. The number of nitrogens with one attached hydrogen (secondary N) is 1. The molecule has 1 fully saturated rings.